The van der Waals surface area contributed by atoms with E-state index in [0.717, 1.165) is 63.1 Å². The third kappa shape index (κ3) is 4.05. The molecular weight excluding hydrogens is 288 g/mol. The van der Waals surface area contributed by atoms with Gasteiger partial charge in [-0.2, -0.15) is 11.8 Å². The quantitative estimate of drug-likeness (QED) is 0.870. The van der Waals surface area contributed by atoms with Crippen molar-refractivity contribution in [1.29, 1.82) is 0 Å². The van der Waals surface area contributed by atoms with Gasteiger partial charge in [-0.25, -0.2) is 4.79 Å². The number of nitrogens with zero attached hydrogens (tertiary/aromatic N) is 2. The summed E-state index contributed by atoms with van der Waals surface area (Å²) < 4.78 is 0. The molecule has 1 aliphatic carbocycles. The molecular formula is C15H26N2O3S. The van der Waals surface area contributed by atoms with Crippen molar-refractivity contribution in [1.82, 2.24) is 9.80 Å². The summed E-state index contributed by atoms with van der Waals surface area (Å²) in [4.78, 5) is 27.7. The van der Waals surface area contributed by atoms with Crippen molar-refractivity contribution in [2.24, 2.45) is 0 Å². The predicted molar refractivity (Wildman–Crippen MR) is 84.7 cm³/mol. The lowest BCUT2D eigenvalue weighted by molar-refractivity contribution is -0.140. The van der Waals surface area contributed by atoms with Crippen LogP contribution in [0.15, 0.2) is 0 Å². The highest BCUT2D eigenvalue weighted by molar-refractivity contribution is 7.99. The summed E-state index contributed by atoms with van der Waals surface area (Å²) in [5, 5.41) is 9.26. The van der Waals surface area contributed by atoms with Crippen molar-refractivity contribution in [2.75, 3.05) is 31.6 Å². The summed E-state index contributed by atoms with van der Waals surface area (Å²) in [6.45, 7) is 1.57. The number of carbonyl (C=O) groups excluding carboxylic acids is 1. The van der Waals surface area contributed by atoms with Crippen LogP contribution >= 0.6 is 11.8 Å². The van der Waals surface area contributed by atoms with Crippen LogP contribution in [0.1, 0.15) is 44.9 Å². The zero-order chi connectivity index (χ0) is 15.3. The van der Waals surface area contributed by atoms with E-state index in [2.05, 4.69) is 0 Å². The Hall–Kier alpha value is -0.910. The number of carboxylic acid groups (broad SMARTS) is 1. The Kier molecular flexibility index (Phi) is 5.79. The van der Waals surface area contributed by atoms with E-state index in [4.69, 9.17) is 0 Å². The van der Waals surface area contributed by atoms with Crippen LogP contribution in [0.25, 0.3) is 0 Å². The van der Waals surface area contributed by atoms with Crippen LogP contribution in [0.2, 0.25) is 0 Å². The van der Waals surface area contributed by atoms with Crippen molar-refractivity contribution in [3.63, 3.8) is 0 Å². The molecule has 21 heavy (non-hydrogen) atoms. The first-order valence-corrected chi connectivity index (χ1v) is 9.03. The first-order chi connectivity index (χ1) is 10.1. The summed E-state index contributed by atoms with van der Waals surface area (Å²) >= 11 is 1.89. The summed E-state index contributed by atoms with van der Waals surface area (Å²) in [6, 6.07) is 0.0145. The maximum absolute atomic E-state index is 12.8. The molecule has 0 aromatic heterocycles. The molecule has 0 unspecified atom stereocenters. The zero-order valence-electron chi connectivity index (χ0n) is 12.8. The Bertz CT molecular complexity index is 375. The van der Waals surface area contributed by atoms with Crippen LogP contribution in [-0.2, 0) is 4.79 Å². The smallest absolute Gasteiger partial charge is 0.320 e. The van der Waals surface area contributed by atoms with Crippen molar-refractivity contribution >= 4 is 23.8 Å². The number of amides is 2. The second-order valence-electron chi connectivity index (χ2n) is 6.15. The van der Waals surface area contributed by atoms with Crippen LogP contribution < -0.4 is 0 Å². The fraction of sp³-hybridized carbons (Fsp3) is 0.867. The standard InChI is InChI=1S/C15H26N2O3S/c1-16(14(20)17-8-5-10-21-11-9-17)15(12-13(18)19)6-3-2-4-7-15/h2-12H2,1H3,(H,18,19). The van der Waals surface area contributed by atoms with E-state index in [-0.39, 0.29) is 12.5 Å². The van der Waals surface area contributed by atoms with Crippen molar-refractivity contribution < 1.29 is 14.7 Å². The molecule has 0 atom stereocenters. The highest BCUT2D eigenvalue weighted by Gasteiger charge is 2.41. The molecule has 0 aromatic rings. The maximum Gasteiger partial charge on any atom is 0.320 e. The number of aliphatic carboxylic acids is 1. The number of carboxylic acids is 1. The van der Waals surface area contributed by atoms with Crippen LogP contribution in [-0.4, -0.2) is 64.1 Å². The molecule has 2 amide bonds. The van der Waals surface area contributed by atoms with Gasteiger partial charge in [0.05, 0.1) is 12.0 Å². The molecule has 120 valence electrons. The second kappa shape index (κ2) is 7.38. The van der Waals surface area contributed by atoms with Gasteiger partial charge in [-0.05, 0) is 25.0 Å². The normalized spacial score (nSPS) is 22.4. The molecule has 1 N–H and O–H groups in total. The van der Waals surface area contributed by atoms with E-state index in [1.807, 2.05) is 16.7 Å². The lowest BCUT2D eigenvalue weighted by Gasteiger charge is -2.45. The molecule has 1 saturated carbocycles. The third-order valence-corrected chi connectivity index (χ3v) is 5.80. The largest absolute Gasteiger partial charge is 0.481 e. The average Bonchev–Trinajstić information content (AvgIpc) is 2.75. The minimum atomic E-state index is -0.803. The Morgan fingerprint density at radius 3 is 2.52 bits per heavy atom. The van der Waals surface area contributed by atoms with E-state index in [0.29, 0.717) is 0 Å². The monoisotopic (exact) mass is 314 g/mol. The molecule has 0 aromatic carbocycles. The molecule has 1 saturated heterocycles. The van der Waals surface area contributed by atoms with E-state index in [1.165, 1.54) is 0 Å². The lowest BCUT2D eigenvalue weighted by atomic mass is 9.78. The molecule has 0 bridgehead atoms. The van der Waals surface area contributed by atoms with E-state index < -0.39 is 11.5 Å². The highest BCUT2D eigenvalue weighted by Crippen LogP contribution is 2.36. The number of carbonyl (C=O) groups is 2. The van der Waals surface area contributed by atoms with Crippen LogP contribution in [0, 0.1) is 0 Å². The van der Waals surface area contributed by atoms with Gasteiger partial charge in [0.25, 0.3) is 0 Å². The van der Waals surface area contributed by atoms with Crippen molar-refractivity contribution in [3.8, 4) is 0 Å². The molecule has 1 heterocycles. The Balaban J connectivity index is 2.10. The van der Waals surface area contributed by atoms with Gasteiger partial charge in [0, 0.05) is 25.9 Å². The van der Waals surface area contributed by atoms with Crippen molar-refractivity contribution in [2.45, 2.75) is 50.5 Å². The van der Waals surface area contributed by atoms with Gasteiger partial charge in [0.15, 0.2) is 0 Å². The fourth-order valence-corrected chi connectivity index (χ4v) is 4.36. The fourth-order valence-electron chi connectivity index (χ4n) is 3.47. The Morgan fingerprint density at radius 1 is 1.14 bits per heavy atom. The van der Waals surface area contributed by atoms with E-state index >= 15 is 0 Å². The SMILES string of the molecule is CN(C(=O)N1CCCSCC1)C1(CC(=O)O)CCCCC1. The summed E-state index contributed by atoms with van der Waals surface area (Å²) in [5.41, 5.74) is -0.486. The lowest BCUT2D eigenvalue weighted by Crippen LogP contribution is -2.56. The van der Waals surface area contributed by atoms with Gasteiger partial charge in [-0.3, -0.25) is 4.79 Å². The van der Waals surface area contributed by atoms with Crippen LogP contribution in [0.5, 0.6) is 0 Å². The third-order valence-electron chi connectivity index (χ3n) is 4.76. The number of hydrogen-bond acceptors (Lipinski definition) is 3. The molecule has 0 radical (unpaired) electrons. The molecule has 2 rings (SSSR count). The van der Waals surface area contributed by atoms with Gasteiger partial charge in [0.1, 0.15) is 0 Å². The molecule has 2 aliphatic rings. The summed E-state index contributed by atoms with van der Waals surface area (Å²) in [7, 11) is 1.80. The minimum absolute atomic E-state index is 0.0145. The molecule has 6 heteroatoms. The van der Waals surface area contributed by atoms with Gasteiger partial charge in [0.2, 0.25) is 0 Å². The van der Waals surface area contributed by atoms with E-state index in [1.54, 1.807) is 11.9 Å². The van der Waals surface area contributed by atoms with Crippen molar-refractivity contribution in [3.05, 3.63) is 0 Å². The minimum Gasteiger partial charge on any atom is -0.481 e. The summed E-state index contributed by atoms with van der Waals surface area (Å²) in [5.74, 6) is 1.28. The number of rotatable bonds is 3. The zero-order valence-corrected chi connectivity index (χ0v) is 13.7. The predicted octanol–water partition coefficient (Wildman–Crippen LogP) is 2.65. The first-order valence-electron chi connectivity index (χ1n) is 7.87. The van der Waals surface area contributed by atoms with Crippen LogP contribution in [0.3, 0.4) is 0 Å². The first kappa shape index (κ1) is 16.5. The van der Waals surface area contributed by atoms with E-state index in [9.17, 15) is 14.7 Å². The van der Waals surface area contributed by atoms with Crippen LogP contribution in [0.4, 0.5) is 4.79 Å². The summed E-state index contributed by atoms with van der Waals surface area (Å²) in [6.07, 6.45) is 5.88. The number of hydrogen-bond donors (Lipinski definition) is 1. The average molecular weight is 314 g/mol. The van der Waals surface area contributed by atoms with Gasteiger partial charge in [-0.15, -0.1) is 0 Å². The highest BCUT2D eigenvalue weighted by atomic mass is 32.2. The van der Waals surface area contributed by atoms with Gasteiger partial charge in [-0.1, -0.05) is 19.3 Å². The molecule has 1 aliphatic heterocycles. The maximum atomic E-state index is 12.8. The number of urea groups is 1. The number of thioether (sulfide) groups is 1. The Labute approximate surface area is 131 Å². The Morgan fingerprint density at radius 2 is 1.86 bits per heavy atom. The molecule has 0 spiro atoms. The molecule has 5 nitrogen and oxygen atoms in total. The van der Waals surface area contributed by atoms with Gasteiger partial charge < -0.3 is 14.9 Å². The molecule has 2 fully saturated rings. The topological polar surface area (TPSA) is 60.9 Å². The van der Waals surface area contributed by atoms with Gasteiger partial charge >= 0.3 is 12.0 Å². The second-order valence-corrected chi connectivity index (χ2v) is 7.37.